The van der Waals surface area contributed by atoms with E-state index in [2.05, 4.69) is 24.1 Å². The van der Waals surface area contributed by atoms with E-state index in [1.807, 2.05) is 47.8 Å². The van der Waals surface area contributed by atoms with Gasteiger partial charge >= 0.3 is 6.03 Å². The number of hydrogen-bond acceptors (Lipinski definition) is 4. The van der Waals surface area contributed by atoms with Crippen LogP contribution < -0.4 is 10.2 Å². The van der Waals surface area contributed by atoms with Gasteiger partial charge in [-0.05, 0) is 12.0 Å². The second kappa shape index (κ2) is 7.72. The summed E-state index contributed by atoms with van der Waals surface area (Å²) in [5.41, 5.74) is 1.03. The van der Waals surface area contributed by atoms with E-state index in [4.69, 9.17) is 0 Å². The Morgan fingerprint density at radius 1 is 1.55 bits per heavy atom. The van der Waals surface area contributed by atoms with Crippen LogP contribution >= 0.6 is 11.8 Å². The summed E-state index contributed by atoms with van der Waals surface area (Å²) in [5, 5.41) is 3.57. The molecule has 122 valence electrons. The molecule has 5 nitrogen and oxygen atoms in total. The molecule has 0 radical (unpaired) electrons. The number of pyridine rings is 1. The molecule has 2 amide bonds. The van der Waals surface area contributed by atoms with Gasteiger partial charge in [-0.25, -0.2) is 9.78 Å². The van der Waals surface area contributed by atoms with Gasteiger partial charge < -0.3 is 15.1 Å². The minimum absolute atomic E-state index is 0.0273. The Morgan fingerprint density at radius 2 is 2.32 bits per heavy atom. The molecule has 1 fully saturated rings. The minimum Gasteiger partial charge on any atom is -0.362 e. The summed E-state index contributed by atoms with van der Waals surface area (Å²) >= 11 is 1.97. The van der Waals surface area contributed by atoms with E-state index in [1.165, 1.54) is 0 Å². The van der Waals surface area contributed by atoms with Gasteiger partial charge in [0.1, 0.15) is 5.82 Å². The number of urea groups is 1. The Hall–Kier alpha value is -1.43. The second-order valence-corrected chi connectivity index (χ2v) is 7.49. The average Bonchev–Trinajstić information content (AvgIpc) is 2.52. The number of thioether (sulfide) groups is 1. The molecule has 0 aliphatic carbocycles. The molecule has 1 aliphatic rings. The van der Waals surface area contributed by atoms with Crippen molar-refractivity contribution >= 4 is 23.6 Å². The zero-order valence-corrected chi connectivity index (χ0v) is 14.7. The summed E-state index contributed by atoms with van der Waals surface area (Å²) in [4.78, 5) is 20.7. The van der Waals surface area contributed by atoms with E-state index in [0.717, 1.165) is 30.2 Å². The highest BCUT2D eigenvalue weighted by molar-refractivity contribution is 8.00. The molecule has 1 atom stereocenters. The van der Waals surface area contributed by atoms with Crippen molar-refractivity contribution in [1.29, 1.82) is 0 Å². The van der Waals surface area contributed by atoms with Crippen molar-refractivity contribution in [2.24, 2.45) is 5.92 Å². The number of amides is 2. The van der Waals surface area contributed by atoms with Gasteiger partial charge in [-0.15, -0.1) is 0 Å². The number of nitrogens with zero attached hydrogens (tertiary/aromatic N) is 3. The third-order valence-electron chi connectivity index (χ3n) is 3.85. The normalized spacial score (nSPS) is 18.4. The number of carbonyl (C=O) groups is 1. The molecule has 0 spiro atoms. The lowest BCUT2D eigenvalue weighted by molar-refractivity contribution is 0.196. The number of rotatable bonds is 4. The van der Waals surface area contributed by atoms with E-state index < -0.39 is 0 Å². The molecule has 1 N–H and O–H groups in total. The van der Waals surface area contributed by atoms with Crippen LogP contribution in [0.5, 0.6) is 0 Å². The minimum atomic E-state index is 0.0273. The first-order chi connectivity index (χ1) is 10.5. The van der Waals surface area contributed by atoms with Crippen molar-refractivity contribution in [3.05, 3.63) is 23.9 Å². The predicted molar refractivity (Wildman–Crippen MR) is 93.5 cm³/mol. The molecule has 1 saturated heterocycles. The standard InChI is InChI=1S/C16H26N4OS/c1-12(2)14-11-20(8-9-22-14)16(21)18-10-13-6-5-7-17-15(13)19(3)4/h5-7,12,14H,8-11H2,1-4H3,(H,18,21)/t14-/m0/s1. The highest BCUT2D eigenvalue weighted by Gasteiger charge is 2.25. The van der Waals surface area contributed by atoms with E-state index in [-0.39, 0.29) is 6.03 Å². The van der Waals surface area contributed by atoms with Gasteiger partial charge in [0.15, 0.2) is 0 Å². The highest BCUT2D eigenvalue weighted by atomic mass is 32.2. The molecule has 22 heavy (non-hydrogen) atoms. The predicted octanol–water partition coefficient (Wildman–Crippen LogP) is 2.43. The van der Waals surface area contributed by atoms with Gasteiger partial charge in [-0.3, -0.25) is 0 Å². The molecular formula is C16H26N4OS. The molecule has 0 unspecified atom stereocenters. The van der Waals surface area contributed by atoms with E-state index in [1.54, 1.807) is 6.20 Å². The van der Waals surface area contributed by atoms with Crippen molar-refractivity contribution in [1.82, 2.24) is 15.2 Å². The maximum Gasteiger partial charge on any atom is 0.317 e. The lowest BCUT2D eigenvalue weighted by Crippen LogP contribution is -2.47. The van der Waals surface area contributed by atoms with Crippen LogP contribution in [0.15, 0.2) is 18.3 Å². The number of carbonyl (C=O) groups excluding carboxylic acids is 1. The fourth-order valence-corrected chi connectivity index (χ4v) is 3.82. The SMILES string of the molecule is CC(C)[C@@H]1CN(C(=O)NCc2cccnc2N(C)C)CCS1. The second-order valence-electron chi connectivity index (χ2n) is 6.14. The van der Waals surface area contributed by atoms with Gasteiger partial charge in [0.05, 0.1) is 0 Å². The molecule has 0 saturated carbocycles. The Balaban J connectivity index is 1.93. The zero-order chi connectivity index (χ0) is 16.1. The third-order valence-corrected chi connectivity index (χ3v) is 5.39. The topological polar surface area (TPSA) is 48.5 Å². The van der Waals surface area contributed by atoms with Crippen molar-refractivity contribution in [2.75, 3.05) is 37.8 Å². The molecule has 6 heteroatoms. The molecule has 1 aromatic rings. The van der Waals surface area contributed by atoms with Crippen molar-refractivity contribution in [2.45, 2.75) is 25.6 Å². The number of aromatic nitrogens is 1. The van der Waals surface area contributed by atoms with Crippen LogP contribution in [0.2, 0.25) is 0 Å². The van der Waals surface area contributed by atoms with Gasteiger partial charge in [0.25, 0.3) is 0 Å². The molecule has 0 aromatic carbocycles. The Kier molecular flexibility index (Phi) is 5.94. The van der Waals surface area contributed by atoms with Crippen molar-refractivity contribution < 1.29 is 4.79 Å². The first-order valence-corrected chi connectivity index (χ1v) is 8.79. The van der Waals surface area contributed by atoms with Crippen LogP contribution in [-0.2, 0) is 6.54 Å². The maximum absolute atomic E-state index is 12.4. The summed E-state index contributed by atoms with van der Waals surface area (Å²) in [6.45, 7) is 6.61. The molecule has 0 bridgehead atoms. The largest absolute Gasteiger partial charge is 0.362 e. The van der Waals surface area contributed by atoms with Crippen LogP contribution in [0.1, 0.15) is 19.4 Å². The van der Waals surface area contributed by atoms with Gasteiger partial charge in [-0.1, -0.05) is 19.9 Å². The van der Waals surface area contributed by atoms with Crippen LogP contribution in [-0.4, -0.2) is 54.1 Å². The van der Waals surface area contributed by atoms with E-state index in [9.17, 15) is 4.79 Å². The maximum atomic E-state index is 12.4. The number of hydrogen-bond donors (Lipinski definition) is 1. The third kappa shape index (κ3) is 4.29. The fraction of sp³-hybridized carbons (Fsp3) is 0.625. The molecule has 2 heterocycles. The lowest BCUT2D eigenvalue weighted by Gasteiger charge is -2.34. The first kappa shape index (κ1) is 16.9. The zero-order valence-electron chi connectivity index (χ0n) is 13.9. The monoisotopic (exact) mass is 322 g/mol. The summed E-state index contributed by atoms with van der Waals surface area (Å²) in [6, 6.07) is 3.94. The highest BCUT2D eigenvalue weighted by Crippen LogP contribution is 2.25. The van der Waals surface area contributed by atoms with Crippen LogP contribution in [0.3, 0.4) is 0 Å². The number of nitrogens with one attached hydrogen (secondary N) is 1. The summed E-state index contributed by atoms with van der Waals surface area (Å²) in [6.07, 6.45) is 1.77. The van der Waals surface area contributed by atoms with Crippen LogP contribution in [0.4, 0.5) is 10.6 Å². The summed E-state index contributed by atoms with van der Waals surface area (Å²) in [5.74, 6) is 2.52. The quantitative estimate of drug-likeness (QED) is 0.925. The Labute approximate surface area is 137 Å². The number of anilines is 1. The first-order valence-electron chi connectivity index (χ1n) is 7.74. The van der Waals surface area contributed by atoms with Crippen molar-refractivity contribution in [3.8, 4) is 0 Å². The summed E-state index contributed by atoms with van der Waals surface area (Å²) in [7, 11) is 3.92. The van der Waals surface area contributed by atoms with Gasteiger partial charge in [0.2, 0.25) is 0 Å². The molecule has 2 rings (SSSR count). The van der Waals surface area contributed by atoms with Crippen molar-refractivity contribution in [3.63, 3.8) is 0 Å². The van der Waals surface area contributed by atoms with E-state index >= 15 is 0 Å². The molecule has 1 aromatic heterocycles. The fourth-order valence-electron chi connectivity index (χ4n) is 2.52. The van der Waals surface area contributed by atoms with Crippen LogP contribution in [0.25, 0.3) is 0 Å². The van der Waals surface area contributed by atoms with Gasteiger partial charge in [0, 0.05) is 56.5 Å². The summed E-state index contributed by atoms with van der Waals surface area (Å²) < 4.78 is 0. The smallest absolute Gasteiger partial charge is 0.317 e. The Bertz CT molecular complexity index is 507. The van der Waals surface area contributed by atoms with Crippen LogP contribution in [0, 0.1) is 5.92 Å². The average molecular weight is 322 g/mol. The van der Waals surface area contributed by atoms with E-state index in [0.29, 0.717) is 17.7 Å². The van der Waals surface area contributed by atoms with Gasteiger partial charge in [-0.2, -0.15) is 11.8 Å². The lowest BCUT2D eigenvalue weighted by atomic mass is 10.1. The molecule has 1 aliphatic heterocycles. The Morgan fingerprint density at radius 3 is 3.00 bits per heavy atom. The molecular weight excluding hydrogens is 296 g/mol.